The van der Waals surface area contributed by atoms with Gasteiger partial charge in [-0.05, 0) is 43.9 Å². The van der Waals surface area contributed by atoms with Gasteiger partial charge in [0.25, 0.3) is 0 Å². The lowest BCUT2D eigenvalue weighted by atomic mass is 9.88. The Bertz CT molecular complexity index is 583. The molecule has 0 aromatic rings. The van der Waals surface area contributed by atoms with Crippen molar-refractivity contribution in [2.45, 2.75) is 38.5 Å². The van der Waals surface area contributed by atoms with Gasteiger partial charge in [-0.15, -0.1) is 0 Å². The van der Waals surface area contributed by atoms with E-state index in [1.54, 1.807) is 0 Å². The van der Waals surface area contributed by atoms with Gasteiger partial charge in [-0.1, -0.05) is 6.42 Å². The molecule has 0 radical (unpaired) electrons. The number of carbonyl (C=O) groups is 2. The molecule has 3 unspecified atom stereocenters. The van der Waals surface area contributed by atoms with Crippen molar-refractivity contribution in [2.24, 2.45) is 23.7 Å². The van der Waals surface area contributed by atoms with Gasteiger partial charge >= 0.3 is 16.2 Å². The number of rotatable bonds is 4. The minimum atomic E-state index is -3.81. The van der Waals surface area contributed by atoms with Crippen molar-refractivity contribution < 1.29 is 22.7 Å². The molecule has 7 nitrogen and oxygen atoms in total. The second kappa shape index (κ2) is 6.39. The third-order valence-electron chi connectivity index (χ3n) is 5.63. The number of hydrogen-bond donors (Lipinski definition) is 1. The summed E-state index contributed by atoms with van der Waals surface area (Å²) < 4.78 is 33.0. The number of piperidine rings is 1. The largest absolute Gasteiger partial charge is 0.469 e. The van der Waals surface area contributed by atoms with Gasteiger partial charge < -0.3 is 4.74 Å². The van der Waals surface area contributed by atoms with Crippen LogP contribution in [0.3, 0.4) is 0 Å². The smallest absolute Gasteiger partial charge is 0.308 e. The fourth-order valence-corrected chi connectivity index (χ4v) is 5.56. The standard InChI is InChI=1S/C15H24N2O5S/c1-22-15(19)11-4-6-17(7-5-11)23(20,21)16-14(18)13-9-10-2-3-12(13)8-10/h10-13H,2-9H2,1H3,(H,16,18). The zero-order valence-electron chi connectivity index (χ0n) is 13.4. The fourth-order valence-electron chi connectivity index (χ4n) is 4.33. The first-order valence-corrected chi connectivity index (χ1v) is 9.74. The van der Waals surface area contributed by atoms with Crippen LogP contribution >= 0.6 is 0 Å². The molecule has 1 heterocycles. The number of fused-ring (bicyclic) bond motifs is 2. The fraction of sp³-hybridized carbons (Fsp3) is 0.867. The van der Waals surface area contributed by atoms with Gasteiger partial charge in [-0.2, -0.15) is 12.7 Å². The summed E-state index contributed by atoms with van der Waals surface area (Å²) in [6, 6.07) is 0. The Labute approximate surface area is 136 Å². The van der Waals surface area contributed by atoms with Crippen LogP contribution in [0.5, 0.6) is 0 Å². The molecular weight excluding hydrogens is 320 g/mol. The van der Waals surface area contributed by atoms with E-state index in [9.17, 15) is 18.0 Å². The van der Waals surface area contributed by atoms with Gasteiger partial charge in [0.15, 0.2) is 0 Å². The van der Waals surface area contributed by atoms with Gasteiger partial charge in [0.2, 0.25) is 5.91 Å². The lowest BCUT2D eigenvalue weighted by molar-refractivity contribution is -0.146. The van der Waals surface area contributed by atoms with Gasteiger partial charge in [0.05, 0.1) is 13.0 Å². The summed E-state index contributed by atoms with van der Waals surface area (Å²) in [4.78, 5) is 23.8. The van der Waals surface area contributed by atoms with Gasteiger partial charge in [-0.25, -0.2) is 4.72 Å². The number of esters is 1. The van der Waals surface area contributed by atoms with E-state index in [-0.39, 0.29) is 36.8 Å². The number of carbonyl (C=O) groups excluding carboxylic acids is 2. The maximum atomic E-state index is 12.4. The van der Waals surface area contributed by atoms with E-state index < -0.39 is 10.2 Å². The summed E-state index contributed by atoms with van der Waals surface area (Å²) in [7, 11) is -2.48. The molecule has 0 aromatic heterocycles. The lowest BCUT2D eigenvalue weighted by Crippen LogP contribution is -2.49. The van der Waals surface area contributed by atoms with Crippen molar-refractivity contribution in [2.75, 3.05) is 20.2 Å². The molecule has 0 spiro atoms. The van der Waals surface area contributed by atoms with Crippen molar-refractivity contribution >= 4 is 22.1 Å². The number of nitrogens with zero attached hydrogens (tertiary/aromatic N) is 1. The summed E-state index contributed by atoms with van der Waals surface area (Å²) in [5.41, 5.74) is 0. The number of nitrogens with one attached hydrogen (secondary N) is 1. The van der Waals surface area contributed by atoms with Crippen LogP contribution in [-0.4, -0.2) is 44.8 Å². The Kier molecular flexibility index (Phi) is 4.64. The van der Waals surface area contributed by atoms with Crippen LogP contribution in [0.2, 0.25) is 0 Å². The number of methoxy groups -OCH3 is 1. The Balaban J connectivity index is 1.55. The summed E-state index contributed by atoms with van der Waals surface area (Å²) in [5.74, 6) is -0.126. The Morgan fingerprint density at radius 2 is 1.78 bits per heavy atom. The van der Waals surface area contributed by atoms with Crippen LogP contribution in [0.25, 0.3) is 0 Å². The number of hydrogen-bond acceptors (Lipinski definition) is 5. The molecular formula is C15H24N2O5S. The highest BCUT2D eigenvalue weighted by molar-refractivity contribution is 7.87. The van der Waals surface area contributed by atoms with Gasteiger partial charge in [0.1, 0.15) is 0 Å². The molecule has 2 saturated carbocycles. The van der Waals surface area contributed by atoms with Crippen LogP contribution in [0.1, 0.15) is 38.5 Å². The summed E-state index contributed by atoms with van der Waals surface area (Å²) in [6.45, 7) is 0.470. The lowest BCUT2D eigenvalue weighted by Gasteiger charge is -2.30. The van der Waals surface area contributed by atoms with E-state index in [2.05, 4.69) is 4.72 Å². The molecule has 1 amide bonds. The monoisotopic (exact) mass is 344 g/mol. The highest BCUT2D eigenvalue weighted by Gasteiger charge is 2.44. The van der Waals surface area contributed by atoms with E-state index >= 15 is 0 Å². The molecule has 130 valence electrons. The topological polar surface area (TPSA) is 92.8 Å². The summed E-state index contributed by atoms with van der Waals surface area (Å²) in [5, 5.41) is 0. The molecule has 2 aliphatic carbocycles. The first kappa shape index (κ1) is 16.7. The van der Waals surface area contributed by atoms with E-state index in [0.717, 1.165) is 19.3 Å². The molecule has 8 heteroatoms. The highest BCUT2D eigenvalue weighted by Crippen LogP contribution is 2.48. The molecule has 3 aliphatic rings. The zero-order chi connectivity index (χ0) is 16.6. The average Bonchev–Trinajstić information content (AvgIpc) is 3.17. The maximum Gasteiger partial charge on any atom is 0.308 e. The van der Waals surface area contributed by atoms with Gasteiger partial charge in [-0.3, -0.25) is 9.59 Å². The van der Waals surface area contributed by atoms with Crippen LogP contribution < -0.4 is 4.72 Å². The summed E-state index contributed by atoms with van der Waals surface area (Å²) in [6.07, 6.45) is 4.93. The molecule has 3 fully saturated rings. The van der Waals surface area contributed by atoms with Crippen LogP contribution in [0.4, 0.5) is 0 Å². The Hall–Kier alpha value is -1.15. The Morgan fingerprint density at radius 1 is 1.09 bits per heavy atom. The average molecular weight is 344 g/mol. The molecule has 0 aromatic carbocycles. The van der Waals surface area contributed by atoms with Crippen molar-refractivity contribution in [3.8, 4) is 0 Å². The van der Waals surface area contributed by atoms with Crippen molar-refractivity contribution in [3.05, 3.63) is 0 Å². The quantitative estimate of drug-likeness (QED) is 0.757. The molecule has 2 bridgehead atoms. The SMILES string of the molecule is COC(=O)C1CCN(S(=O)(=O)NC(=O)C2CC3CCC2C3)CC1. The second-order valence-electron chi connectivity index (χ2n) is 6.95. The third kappa shape index (κ3) is 3.38. The first-order valence-electron chi connectivity index (χ1n) is 8.30. The van der Waals surface area contributed by atoms with Crippen LogP contribution in [-0.2, 0) is 24.5 Å². The zero-order valence-corrected chi connectivity index (χ0v) is 14.2. The van der Waals surface area contributed by atoms with Crippen molar-refractivity contribution in [1.29, 1.82) is 0 Å². The minimum absolute atomic E-state index is 0.156. The summed E-state index contributed by atoms with van der Waals surface area (Å²) >= 11 is 0. The van der Waals surface area contributed by atoms with E-state index in [1.807, 2.05) is 0 Å². The molecule has 1 N–H and O–H groups in total. The van der Waals surface area contributed by atoms with Crippen molar-refractivity contribution in [3.63, 3.8) is 0 Å². The highest BCUT2D eigenvalue weighted by atomic mass is 32.2. The number of ether oxygens (including phenoxy) is 1. The van der Waals surface area contributed by atoms with E-state index in [1.165, 1.54) is 17.8 Å². The molecule has 3 rings (SSSR count). The third-order valence-corrected chi connectivity index (χ3v) is 7.14. The minimum Gasteiger partial charge on any atom is -0.469 e. The molecule has 3 atom stereocenters. The Morgan fingerprint density at radius 3 is 2.30 bits per heavy atom. The second-order valence-corrected chi connectivity index (χ2v) is 8.62. The van der Waals surface area contributed by atoms with Crippen LogP contribution in [0.15, 0.2) is 0 Å². The first-order chi connectivity index (χ1) is 10.9. The van der Waals surface area contributed by atoms with Gasteiger partial charge in [0, 0.05) is 19.0 Å². The normalized spacial score (nSPS) is 32.0. The van der Waals surface area contributed by atoms with E-state index in [4.69, 9.17) is 4.74 Å². The molecule has 1 aliphatic heterocycles. The van der Waals surface area contributed by atoms with E-state index in [0.29, 0.717) is 24.7 Å². The number of amides is 1. The maximum absolute atomic E-state index is 12.4. The predicted octanol–water partition coefficient (Wildman–Crippen LogP) is 0.669. The molecule has 23 heavy (non-hydrogen) atoms. The molecule has 1 saturated heterocycles. The van der Waals surface area contributed by atoms with Crippen LogP contribution in [0, 0.1) is 23.7 Å². The predicted molar refractivity (Wildman–Crippen MR) is 82.3 cm³/mol. The van der Waals surface area contributed by atoms with Crippen molar-refractivity contribution in [1.82, 2.24) is 9.03 Å².